The van der Waals surface area contributed by atoms with Crippen molar-refractivity contribution in [1.29, 1.82) is 0 Å². The van der Waals surface area contributed by atoms with Crippen LogP contribution in [-0.4, -0.2) is 56.2 Å². The highest BCUT2D eigenvalue weighted by Gasteiger charge is 2.18. The van der Waals surface area contributed by atoms with E-state index < -0.39 is 0 Å². The Bertz CT molecular complexity index is 965. The van der Waals surface area contributed by atoms with Crippen LogP contribution in [0.1, 0.15) is 40.7 Å². The molecule has 2 heterocycles. The van der Waals surface area contributed by atoms with E-state index in [0.29, 0.717) is 18.7 Å². The Balaban J connectivity index is 1.30. The summed E-state index contributed by atoms with van der Waals surface area (Å²) in [5.74, 6) is 0.822. The average Bonchev–Trinajstić information content (AvgIpc) is 3.38. The number of nitrogens with zero attached hydrogens (tertiary/aromatic N) is 2. The molecular weight excluding hydrogens is 400 g/mol. The molecule has 0 aromatic heterocycles. The van der Waals surface area contributed by atoms with Crippen molar-refractivity contribution in [2.75, 3.05) is 33.3 Å². The van der Waals surface area contributed by atoms with Gasteiger partial charge in [0.1, 0.15) is 0 Å². The van der Waals surface area contributed by atoms with E-state index in [-0.39, 0.29) is 12.0 Å². The summed E-state index contributed by atoms with van der Waals surface area (Å²) in [5, 5.41) is 6.44. The summed E-state index contributed by atoms with van der Waals surface area (Å²) in [7, 11) is 1.81. The first-order chi connectivity index (χ1) is 15.7. The maximum Gasteiger partial charge on any atom is 0.251 e. The molecule has 0 saturated carbocycles. The highest BCUT2D eigenvalue weighted by molar-refractivity contribution is 5.94. The van der Waals surface area contributed by atoms with Crippen molar-refractivity contribution in [2.45, 2.75) is 31.9 Å². The van der Waals surface area contributed by atoms with Crippen LogP contribution in [0.2, 0.25) is 0 Å². The largest absolute Gasteiger partial charge is 0.376 e. The number of hydrogen-bond acceptors (Lipinski definition) is 3. The second kappa shape index (κ2) is 11.0. The summed E-state index contributed by atoms with van der Waals surface area (Å²) >= 11 is 0. The van der Waals surface area contributed by atoms with E-state index in [2.05, 4.69) is 50.9 Å². The molecule has 6 nitrogen and oxygen atoms in total. The first-order valence-electron chi connectivity index (χ1n) is 11.4. The molecule has 2 aliphatic heterocycles. The Morgan fingerprint density at radius 1 is 1.16 bits per heavy atom. The van der Waals surface area contributed by atoms with Crippen molar-refractivity contribution in [3.63, 3.8) is 0 Å². The predicted molar refractivity (Wildman–Crippen MR) is 129 cm³/mol. The van der Waals surface area contributed by atoms with Crippen LogP contribution in [0, 0.1) is 0 Å². The Morgan fingerprint density at radius 3 is 2.75 bits per heavy atom. The summed E-state index contributed by atoms with van der Waals surface area (Å²) in [5.41, 5.74) is 4.41. The highest BCUT2D eigenvalue weighted by atomic mass is 16.5. The number of rotatable bonds is 6. The van der Waals surface area contributed by atoms with Gasteiger partial charge in [0.05, 0.1) is 6.10 Å². The topological polar surface area (TPSA) is 66.0 Å². The van der Waals surface area contributed by atoms with Gasteiger partial charge in [0.2, 0.25) is 0 Å². The fourth-order valence-corrected chi connectivity index (χ4v) is 4.23. The zero-order chi connectivity index (χ0) is 22.2. The normalized spacial score (nSPS) is 18.9. The van der Waals surface area contributed by atoms with Gasteiger partial charge in [-0.1, -0.05) is 48.5 Å². The molecule has 1 atom stereocenters. The SMILES string of the molecule is CN=C(NCc1cccc(C(=O)NCC2CCCO2)c1)N1CC=C(c2ccccc2)CC1. The van der Waals surface area contributed by atoms with Gasteiger partial charge >= 0.3 is 0 Å². The lowest BCUT2D eigenvalue weighted by molar-refractivity contribution is 0.0857. The maximum absolute atomic E-state index is 12.5. The number of aliphatic imine (C=N–C) groups is 1. The lowest BCUT2D eigenvalue weighted by Gasteiger charge is -2.30. The zero-order valence-electron chi connectivity index (χ0n) is 18.7. The Kier molecular flexibility index (Phi) is 7.56. The minimum atomic E-state index is -0.0543. The molecule has 32 heavy (non-hydrogen) atoms. The molecule has 0 bridgehead atoms. The Hall–Kier alpha value is -3.12. The second-order valence-electron chi connectivity index (χ2n) is 8.24. The standard InChI is InChI=1S/C26H32N4O2/c1-27-26(30-14-12-22(13-15-30)21-8-3-2-4-9-21)29-18-20-7-5-10-23(17-20)25(31)28-19-24-11-6-16-32-24/h2-5,7-10,12,17,24H,6,11,13-16,18-19H2,1H3,(H,27,29)(H,28,31). The minimum absolute atomic E-state index is 0.0543. The van der Waals surface area contributed by atoms with Crippen LogP contribution in [0.4, 0.5) is 0 Å². The minimum Gasteiger partial charge on any atom is -0.376 e. The van der Waals surface area contributed by atoms with Gasteiger partial charge in [-0.2, -0.15) is 0 Å². The molecular formula is C26H32N4O2. The quantitative estimate of drug-likeness (QED) is 0.542. The monoisotopic (exact) mass is 432 g/mol. The summed E-state index contributed by atoms with van der Waals surface area (Å²) < 4.78 is 5.58. The van der Waals surface area contributed by atoms with Crippen LogP contribution >= 0.6 is 0 Å². The van der Waals surface area contributed by atoms with E-state index in [1.165, 1.54) is 11.1 Å². The van der Waals surface area contributed by atoms with E-state index in [4.69, 9.17) is 4.74 Å². The van der Waals surface area contributed by atoms with Gasteiger partial charge in [-0.15, -0.1) is 0 Å². The summed E-state index contributed by atoms with van der Waals surface area (Å²) in [6, 6.07) is 18.3. The molecule has 1 fully saturated rings. The lowest BCUT2D eigenvalue weighted by Crippen LogP contribution is -2.43. The molecule has 2 N–H and O–H groups in total. The number of hydrogen-bond donors (Lipinski definition) is 2. The molecule has 2 aromatic rings. The van der Waals surface area contributed by atoms with Gasteiger partial charge in [-0.3, -0.25) is 9.79 Å². The van der Waals surface area contributed by atoms with Crippen LogP contribution in [0.25, 0.3) is 5.57 Å². The number of carbonyl (C=O) groups excluding carboxylic acids is 1. The zero-order valence-corrected chi connectivity index (χ0v) is 18.7. The van der Waals surface area contributed by atoms with Crippen molar-refractivity contribution >= 4 is 17.4 Å². The fourth-order valence-electron chi connectivity index (χ4n) is 4.23. The summed E-state index contributed by atoms with van der Waals surface area (Å²) in [6.45, 7) is 3.73. The van der Waals surface area contributed by atoms with E-state index in [1.807, 2.05) is 37.4 Å². The molecule has 0 radical (unpaired) electrons. The molecule has 168 valence electrons. The number of guanidine groups is 1. The number of amides is 1. The van der Waals surface area contributed by atoms with E-state index in [1.54, 1.807) is 0 Å². The number of ether oxygens (including phenoxy) is 1. The van der Waals surface area contributed by atoms with Crippen molar-refractivity contribution in [3.8, 4) is 0 Å². The van der Waals surface area contributed by atoms with Crippen LogP contribution < -0.4 is 10.6 Å². The molecule has 1 saturated heterocycles. The van der Waals surface area contributed by atoms with Gasteiger partial charge < -0.3 is 20.3 Å². The van der Waals surface area contributed by atoms with Gasteiger partial charge in [-0.25, -0.2) is 0 Å². The predicted octanol–water partition coefficient (Wildman–Crippen LogP) is 3.46. The van der Waals surface area contributed by atoms with Gasteiger partial charge in [-0.05, 0) is 48.1 Å². The molecule has 0 spiro atoms. The van der Waals surface area contributed by atoms with E-state index >= 15 is 0 Å². The molecule has 1 unspecified atom stereocenters. The Labute approximate surface area is 190 Å². The van der Waals surface area contributed by atoms with Crippen LogP contribution in [0.3, 0.4) is 0 Å². The summed E-state index contributed by atoms with van der Waals surface area (Å²) in [4.78, 5) is 19.2. The smallest absolute Gasteiger partial charge is 0.251 e. The van der Waals surface area contributed by atoms with Crippen molar-refractivity contribution in [2.24, 2.45) is 4.99 Å². The Morgan fingerprint density at radius 2 is 2.03 bits per heavy atom. The van der Waals surface area contributed by atoms with Gasteiger partial charge in [0.15, 0.2) is 5.96 Å². The first kappa shape index (κ1) is 22.1. The molecule has 0 aliphatic carbocycles. The number of nitrogens with one attached hydrogen (secondary N) is 2. The first-order valence-corrected chi connectivity index (χ1v) is 11.4. The third kappa shape index (κ3) is 5.77. The van der Waals surface area contributed by atoms with E-state index in [0.717, 1.165) is 50.5 Å². The third-order valence-corrected chi connectivity index (χ3v) is 6.02. The number of benzene rings is 2. The van der Waals surface area contributed by atoms with Crippen LogP contribution in [0.5, 0.6) is 0 Å². The van der Waals surface area contributed by atoms with E-state index in [9.17, 15) is 4.79 Å². The molecule has 6 heteroatoms. The lowest BCUT2D eigenvalue weighted by atomic mass is 10.00. The van der Waals surface area contributed by atoms with Crippen molar-refractivity contribution in [3.05, 3.63) is 77.4 Å². The molecule has 2 aliphatic rings. The third-order valence-electron chi connectivity index (χ3n) is 6.02. The molecule has 2 aromatic carbocycles. The second-order valence-corrected chi connectivity index (χ2v) is 8.24. The average molecular weight is 433 g/mol. The van der Waals surface area contributed by atoms with Crippen LogP contribution in [-0.2, 0) is 11.3 Å². The molecule has 1 amide bonds. The summed E-state index contributed by atoms with van der Waals surface area (Å²) in [6.07, 6.45) is 5.51. The van der Waals surface area contributed by atoms with Crippen molar-refractivity contribution in [1.82, 2.24) is 15.5 Å². The van der Waals surface area contributed by atoms with Crippen LogP contribution in [0.15, 0.2) is 65.7 Å². The molecule has 4 rings (SSSR count). The highest BCUT2D eigenvalue weighted by Crippen LogP contribution is 2.22. The van der Waals surface area contributed by atoms with Crippen molar-refractivity contribution < 1.29 is 9.53 Å². The van der Waals surface area contributed by atoms with Gasteiger partial charge in [0.25, 0.3) is 5.91 Å². The number of carbonyl (C=O) groups is 1. The maximum atomic E-state index is 12.5. The fraction of sp³-hybridized carbons (Fsp3) is 0.385. The van der Waals surface area contributed by atoms with Gasteiger partial charge in [0, 0.05) is 45.4 Å².